The number of hydrogen-bond acceptors (Lipinski definition) is 10. The number of unbranched alkanes of at least 4 members (excludes halogenated alkanes) is 1. The maximum atomic E-state index is 5.81. The molecule has 0 saturated heterocycles. The standard InChI is InChI=1S/C16H19N7S3/c1-2-3-9-24-15-22-23-16(26-15)25-10-12-19-13(17)21-14(20-12)18-11-7-5-4-6-8-11/h4-8H,2-3,9-10H2,1H3,(H3,17,18,19,20,21). The first kappa shape index (κ1) is 18.9. The van der Waals surface area contributed by atoms with Crippen LogP contribution in [0.4, 0.5) is 17.6 Å². The molecular formula is C16H19N7S3. The monoisotopic (exact) mass is 405 g/mol. The molecule has 136 valence electrons. The Labute approximate surface area is 164 Å². The highest BCUT2D eigenvalue weighted by Gasteiger charge is 2.09. The van der Waals surface area contributed by atoms with Gasteiger partial charge in [0.15, 0.2) is 8.68 Å². The molecule has 0 amide bonds. The predicted octanol–water partition coefficient (Wildman–Crippen LogP) is 4.23. The van der Waals surface area contributed by atoms with Crippen LogP contribution in [-0.4, -0.2) is 30.9 Å². The van der Waals surface area contributed by atoms with Crippen LogP contribution in [-0.2, 0) is 5.75 Å². The van der Waals surface area contributed by atoms with E-state index in [1.54, 1.807) is 34.9 Å². The number of nitrogens with zero attached hydrogens (tertiary/aromatic N) is 5. The van der Waals surface area contributed by atoms with Gasteiger partial charge in [-0.25, -0.2) is 0 Å². The minimum Gasteiger partial charge on any atom is -0.368 e. The third-order valence-electron chi connectivity index (χ3n) is 3.17. The van der Waals surface area contributed by atoms with Crippen LogP contribution >= 0.6 is 34.9 Å². The van der Waals surface area contributed by atoms with Gasteiger partial charge in [-0.2, -0.15) is 15.0 Å². The third kappa shape index (κ3) is 5.82. The lowest BCUT2D eigenvalue weighted by Gasteiger charge is -2.06. The maximum Gasteiger partial charge on any atom is 0.232 e. The molecule has 7 nitrogen and oxygen atoms in total. The zero-order valence-corrected chi connectivity index (χ0v) is 16.7. The predicted molar refractivity (Wildman–Crippen MR) is 109 cm³/mol. The van der Waals surface area contributed by atoms with Crippen molar-refractivity contribution in [2.45, 2.75) is 34.2 Å². The highest BCUT2D eigenvalue weighted by molar-refractivity contribution is 8.02. The fraction of sp³-hybridized carbons (Fsp3) is 0.312. The van der Waals surface area contributed by atoms with E-state index in [0.717, 1.165) is 20.1 Å². The fourth-order valence-corrected chi connectivity index (χ4v) is 4.98. The Morgan fingerprint density at radius 3 is 2.58 bits per heavy atom. The number of para-hydroxylation sites is 1. The number of aromatic nitrogens is 5. The molecular weight excluding hydrogens is 386 g/mol. The van der Waals surface area contributed by atoms with Gasteiger partial charge in [0.25, 0.3) is 0 Å². The van der Waals surface area contributed by atoms with Crippen LogP contribution in [0.2, 0.25) is 0 Å². The van der Waals surface area contributed by atoms with Crippen molar-refractivity contribution in [2.75, 3.05) is 16.8 Å². The Balaban J connectivity index is 1.59. The quantitative estimate of drug-likeness (QED) is 0.400. The number of benzene rings is 1. The number of hydrogen-bond donors (Lipinski definition) is 2. The molecule has 3 aromatic rings. The molecule has 0 spiro atoms. The number of rotatable bonds is 9. The Morgan fingerprint density at radius 2 is 1.81 bits per heavy atom. The Morgan fingerprint density at radius 1 is 1.04 bits per heavy atom. The zero-order chi connectivity index (χ0) is 18.2. The van der Waals surface area contributed by atoms with Gasteiger partial charge in [0.2, 0.25) is 11.9 Å². The van der Waals surface area contributed by atoms with Gasteiger partial charge < -0.3 is 11.1 Å². The van der Waals surface area contributed by atoms with Gasteiger partial charge in [-0.15, -0.1) is 10.2 Å². The van der Waals surface area contributed by atoms with Crippen LogP contribution in [0.1, 0.15) is 25.6 Å². The number of nitrogens with two attached hydrogens (primary N) is 1. The fourth-order valence-electron chi connectivity index (χ4n) is 1.95. The van der Waals surface area contributed by atoms with Gasteiger partial charge in [0.1, 0.15) is 5.82 Å². The van der Waals surface area contributed by atoms with E-state index >= 15 is 0 Å². The van der Waals surface area contributed by atoms with Crippen LogP contribution in [0.3, 0.4) is 0 Å². The first-order chi connectivity index (χ1) is 12.7. The van der Waals surface area contributed by atoms with E-state index < -0.39 is 0 Å². The Hall–Kier alpha value is -1.91. The highest BCUT2D eigenvalue weighted by Crippen LogP contribution is 2.30. The summed E-state index contributed by atoms with van der Waals surface area (Å²) in [6.07, 6.45) is 2.38. The second-order valence-electron chi connectivity index (χ2n) is 5.25. The van der Waals surface area contributed by atoms with Gasteiger partial charge in [0.05, 0.1) is 5.75 Å². The summed E-state index contributed by atoms with van der Waals surface area (Å²) in [5.41, 5.74) is 6.71. The largest absolute Gasteiger partial charge is 0.368 e. The van der Waals surface area contributed by atoms with Crippen molar-refractivity contribution < 1.29 is 0 Å². The SMILES string of the molecule is CCCCSc1nnc(SCc2nc(N)nc(Nc3ccccc3)n2)s1. The van der Waals surface area contributed by atoms with Crippen molar-refractivity contribution >= 4 is 52.4 Å². The molecule has 0 unspecified atom stereocenters. The summed E-state index contributed by atoms with van der Waals surface area (Å²) in [5, 5.41) is 11.6. The molecule has 10 heteroatoms. The van der Waals surface area contributed by atoms with Crippen LogP contribution in [0.15, 0.2) is 39.0 Å². The summed E-state index contributed by atoms with van der Waals surface area (Å²) in [6, 6.07) is 9.71. The van der Waals surface area contributed by atoms with Crippen LogP contribution < -0.4 is 11.1 Å². The first-order valence-corrected chi connectivity index (χ1v) is 10.9. The van der Waals surface area contributed by atoms with E-state index in [0.29, 0.717) is 17.5 Å². The molecule has 26 heavy (non-hydrogen) atoms. The van der Waals surface area contributed by atoms with Crippen molar-refractivity contribution in [1.29, 1.82) is 0 Å². The van der Waals surface area contributed by atoms with Crippen molar-refractivity contribution in [3.63, 3.8) is 0 Å². The maximum absolute atomic E-state index is 5.81. The van der Waals surface area contributed by atoms with E-state index in [4.69, 9.17) is 5.73 Å². The number of nitrogens with one attached hydrogen (secondary N) is 1. The third-order valence-corrected chi connectivity index (χ3v) is 6.44. The number of thioether (sulfide) groups is 2. The summed E-state index contributed by atoms with van der Waals surface area (Å²) < 4.78 is 1.91. The molecule has 0 fully saturated rings. The summed E-state index contributed by atoms with van der Waals surface area (Å²) in [5.74, 6) is 2.88. The molecule has 0 aliphatic rings. The van der Waals surface area contributed by atoms with Gasteiger partial charge in [-0.05, 0) is 18.6 Å². The van der Waals surface area contributed by atoms with E-state index in [-0.39, 0.29) is 5.95 Å². The molecule has 0 atom stereocenters. The van der Waals surface area contributed by atoms with Crippen molar-refractivity contribution in [2.24, 2.45) is 0 Å². The van der Waals surface area contributed by atoms with Crippen molar-refractivity contribution in [3.8, 4) is 0 Å². The second-order valence-corrected chi connectivity index (χ2v) is 8.79. The number of nitrogen functional groups attached to an aromatic ring is 1. The van der Waals surface area contributed by atoms with Crippen LogP contribution in [0.25, 0.3) is 0 Å². The molecule has 3 rings (SSSR count). The zero-order valence-electron chi connectivity index (χ0n) is 14.3. The Bertz CT molecular complexity index is 826. The van der Waals surface area contributed by atoms with E-state index in [9.17, 15) is 0 Å². The molecule has 2 heterocycles. The minimum atomic E-state index is 0.196. The van der Waals surface area contributed by atoms with Gasteiger partial charge in [-0.1, -0.05) is 66.4 Å². The molecule has 1 aromatic carbocycles. The van der Waals surface area contributed by atoms with Gasteiger partial charge >= 0.3 is 0 Å². The second kappa shape index (κ2) is 9.70. The first-order valence-electron chi connectivity index (χ1n) is 8.14. The number of anilines is 3. The smallest absolute Gasteiger partial charge is 0.232 e. The molecule has 0 aliphatic carbocycles. The highest BCUT2D eigenvalue weighted by atomic mass is 32.2. The van der Waals surface area contributed by atoms with Crippen LogP contribution in [0.5, 0.6) is 0 Å². The molecule has 0 saturated carbocycles. The summed E-state index contributed by atoms with van der Waals surface area (Å²) in [6.45, 7) is 2.18. The summed E-state index contributed by atoms with van der Waals surface area (Å²) in [4.78, 5) is 12.8. The lowest BCUT2D eigenvalue weighted by Crippen LogP contribution is -2.06. The van der Waals surface area contributed by atoms with Gasteiger partial charge in [0, 0.05) is 11.4 Å². The Kier molecular flexibility index (Phi) is 7.04. The average Bonchev–Trinajstić information content (AvgIpc) is 3.08. The molecule has 0 radical (unpaired) electrons. The average molecular weight is 406 g/mol. The molecule has 0 aliphatic heterocycles. The van der Waals surface area contributed by atoms with E-state index in [1.807, 2.05) is 30.3 Å². The molecule has 0 bridgehead atoms. The summed E-state index contributed by atoms with van der Waals surface area (Å²) >= 11 is 4.91. The van der Waals surface area contributed by atoms with Crippen LogP contribution in [0, 0.1) is 0 Å². The van der Waals surface area contributed by atoms with Crippen molar-refractivity contribution in [3.05, 3.63) is 36.2 Å². The van der Waals surface area contributed by atoms with Crippen molar-refractivity contribution in [1.82, 2.24) is 25.1 Å². The summed E-state index contributed by atoms with van der Waals surface area (Å²) in [7, 11) is 0. The molecule has 2 aromatic heterocycles. The minimum absolute atomic E-state index is 0.196. The molecule has 3 N–H and O–H groups in total. The normalized spacial score (nSPS) is 10.8. The van der Waals surface area contributed by atoms with Gasteiger partial charge in [-0.3, -0.25) is 0 Å². The lowest BCUT2D eigenvalue weighted by molar-refractivity contribution is 0.892. The van der Waals surface area contributed by atoms with E-state index in [2.05, 4.69) is 37.4 Å². The van der Waals surface area contributed by atoms with E-state index in [1.165, 1.54) is 12.8 Å². The lowest BCUT2D eigenvalue weighted by atomic mass is 10.3. The topological polar surface area (TPSA) is 102 Å².